The minimum atomic E-state index is -7.10. The third kappa shape index (κ3) is 2.63. The van der Waals surface area contributed by atoms with E-state index in [1.165, 1.54) is 0 Å². The summed E-state index contributed by atoms with van der Waals surface area (Å²) in [5.74, 6) is -6.66. The van der Waals surface area contributed by atoms with E-state index in [-0.39, 0.29) is 0 Å². The van der Waals surface area contributed by atoms with Gasteiger partial charge in [-0.05, 0) is 0 Å². The summed E-state index contributed by atoms with van der Waals surface area (Å²) in [6.07, 6.45) is -3.29. The van der Waals surface area contributed by atoms with Crippen LogP contribution >= 0.6 is 0 Å². The van der Waals surface area contributed by atoms with Gasteiger partial charge in [-0.2, -0.15) is 38.8 Å². The maximum Gasteiger partial charge on any atom is 0.508 e. The van der Waals surface area contributed by atoms with Crippen LogP contribution in [0.3, 0.4) is 0 Å². The van der Waals surface area contributed by atoms with Crippen molar-refractivity contribution in [3.63, 3.8) is 0 Å². The van der Waals surface area contributed by atoms with Crippen molar-refractivity contribution in [3.8, 4) is 0 Å². The number of rotatable bonds is 5. The van der Waals surface area contributed by atoms with Gasteiger partial charge < -0.3 is 9.84 Å². The molecule has 0 amide bonds. The molecule has 0 saturated heterocycles. The lowest BCUT2D eigenvalue weighted by Crippen LogP contribution is -2.65. The molecule has 0 aliphatic heterocycles. The molecule has 0 fully saturated rings. The number of hydrogen-bond acceptors (Lipinski definition) is 6. The number of halogens is 5. The van der Waals surface area contributed by atoms with E-state index in [0.717, 1.165) is 0 Å². The first-order chi connectivity index (χ1) is 8.42. The van der Waals surface area contributed by atoms with E-state index in [1.54, 1.807) is 0 Å². The van der Waals surface area contributed by atoms with Gasteiger partial charge in [-0.25, -0.2) is 4.79 Å². The molecule has 0 bridgehead atoms. The van der Waals surface area contributed by atoms with E-state index in [4.69, 9.17) is 14.2 Å². The maximum atomic E-state index is 13.4. The van der Waals surface area contributed by atoms with Crippen molar-refractivity contribution in [3.05, 3.63) is 0 Å². The second-order valence-corrected chi connectivity index (χ2v) is 5.87. The van der Waals surface area contributed by atoms with E-state index < -0.39 is 42.8 Å². The molecule has 0 rings (SSSR count). The Balaban J connectivity index is 6.53. The molecule has 0 aliphatic rings. The monoisotopic (exact) mass is 354 g/mol. The molecule has 3 N–H and O–H groups in total. The molecule has 0 aromatic rings. The Labute approximate surface area is 106 Å². The van der Waals surface area contributed by atoms with Crippen LogP contribution in [-0.2, 0) is 25.0 Å². The molecule has 0 saturated carbocycles. The second-order valence-electron chi connectivity index (χ2n) is 2.95. The highest BCUT2D eigenvalue weighted by Crippen LogP contribution is 2.50. The molecule has 0 aromatic carbocycles. The predicted molar refractivity (Wildman–Crippen MR) is 45.9 cm³/mol. The van der Waals surface area contributed by atoms with Gasteiger partial charge in [0.1, 0.15) is 0 Å². The first-order valence-corrected chi connectivity index (χ1v) is 6.60. The first-order valence-electron chi connectivity index (χ1n) is 3.72. The number of hydrogen-bond donors (Lipinski definition) is 3. The number of ether oxygens (including phenoxy) is 1. The van der Waals surface area contributed by atoms with E-state index in [0.29, 0.717) is 0 Å². The van der Waals surface area contributed by atoms with Crippen molar-refractivity contribution in [2.45, 2.75) is 16.4 Å². The summed E-state index contributed by atoms with van der Waals surface area (Å²) in [5, 5.41) is -5.71. The minimum Gasteiger partial charge on any atom is -0.450 e. The van der Waals surface area contributed by atoms with Gasteiger partial charge in [0.25, 0.3) is 0 Å². The van der Waals surface area contributed by atoms with Crippen molar-refractivity contribution in [1.29, 1.82) is 0 Å². The van der Waals surface area contributed by atoms with Gasteiger partial charge in [-0.3, -0.25) is 9.11 Å². The Morgan fingerprint density at radius 3 is 1.25 bits per heavy atom. The van der Waals surface area contributed by atoms with Crippen LogP contribution in [0.4, 0.5) is 26.7 Å². The second kappa shape index (κ2) is 4.64. The molecule has 0 unspecified atom stereocenters. The Bertz CT molecular complexity index is 562. The molecule has 20 heavy (non-hydrogen) atoms. The molecule has 16 heteroatoms. The SMILES string of the molecule is O=C(O)OC(F)(C(F)(F)S(=O)(=O)O)C(F)(F)S(=O)(=O)O. The van der Waals surface area contributed by atoms with Crippen molar-refractivity contribution < 1.29 is 62.5 Å². The Hall–Kier alpha value is -1.26. The lowest BCUT2D eigenvalue weighted by molar-refractivity contribution is -0.291. The molecule has 9 nitrogen and oxygen atoms in total. The summed E-state index contributed by atoms with van der Waals surface area (Å²) < 4.78 is 124. The van der Waals surface area contributed by atoms with Gasteiger partial charge in [0.05, 0.1) is 0 Å². The predicted octanol–water partition coefficient (Wildman–Crippen LogP) is 0.308. The van der Waals surface area contributed by atoms with Crippen LogP contribution in [0, 0.1) is 0 Å². The quantitative estimate of drug-likeness (QED) is 0.359. The molecular weight excluding hydrogens is 351 g/mol. The fourth-order valence-electron chi connectivity index (χ4n) is 0.740. The average Bonchev–Trinajstić information content (AvgIpc) is 2.11. The number of alkyl halides is 5. The van der Waals surface area contributed by atoms with E-state index in [1.807, 2.05) is 0 Å². The van der Waals surface area contributed by atoms with Gasteiger partial charge in [0, 0.05) is 0 Å². The van der Waals surface area contributed by atoms with Crippen molar-refractivity contribution in [2.75, 3.05) is 0 Å². The third-order valence-electron chi connectivity index (χ3n) is 1.62. The summed E-state index contributed by atoms with van der Waals surface area (Å²) in [6, 6.07) is 0. The van der Waals surface area contributed by atoms with Crippen molar-refractivity contribution >= 4 is 26.4 Å². The van der Waals surface area contributed by atoms with E-state index >= 15 is 0 Å². The fourth-order valence-corrected chi connectivity index (χ4v) is 1.81. The first kappa shape index (κ1) is 18.7. The third-order valence-corrected chi connectivity index (χ3v) is 3.45. The van der Waals surface area contributed by atoms with Crippen molar-refractivity contribution in [2.24, 2.45) is 0 Å². The number of carbonyl (C=O) groups is 1. The van der Waals surface area contributed by atoms with Crippen LogP contribution in [0.1, 0.15) is 0 Å². The zero-order valence-electron chi connectivity index (χ0n) is 8.50. The van der Waals surface area contributed by atoms with Crippen LogP contribution in [0.2, 0.25) is 0 Å². The van der Waals surface area contributed by atoms with Crippen LogP contribution < -0.4 is 0 Å². The Morgan fingerprint density at radius 2 is 1.10 bits per heavy atom. The highest BCUT2D eigenvalue weighted by atomic mass is 32.2. The standard InChI is InChI=1S/C4H3F5O9S2/c5-2(18-1(10)11,3(6,7)19(12,13)14)4(8,9)20(15,16)17/h(H,10,11)(H,12,13,14)(H,15,16,17). The summed E-state index contributed by atoms with van der Waals surface area (Å²) in [4.78, 5) is 9.88. The van der Waals surface area contributed by atoms with Crippen molar-refractivity contribution in [1.82, 2.24) is 0 Å². The van der Waals surface area contributed by atoms with Gasteiger partial charge in [-0.15, -0.1) is 0 Å². The maximum absolute atomic E-state index is 13.4. The van der Waals surface area contributed by atoms with Crippen LogP contribution in [0.25, 0.3) is 0 Å². The molecule has 120 valence electrons. The molecule has 0 aromatic heterocycles. The minimum absolute atomic E-state index is 2.29. The molecule has 0 aliphatic carbocycles. The zero-order valence-corrected chi connectivity index (χ0v) is 10.1. The number of carboxylic acid groups (broad SMARTS) is 1. The Morgan fingerprint density at radius 1 is 0.850 bits per heavy atom. The largest absolute Gasteiger partial charge is 0.508 e. The lowest BCUT2D eigenvalue weighted by Gasteiger charge is -2.33. The normalized spacial score (nSPS) is 14.9. The molecule has 0 spiro atoms. The van der Waals surface area contributed by atoms with Crippen LogP contribution in [-0.4, -0.2) is 53.6 Å². The van der Waals surface area contributed by atoms with Gasteiger partial charge in [0.15, 0.2) is 0 Å². The summed E-state index contributed by atoms with van der Waals surface area (Å²) in [6.45, 7) is 0. The smallest absolute Gasteiger partial charge is 0.450 e. The topological polar surface area (TPSA) is 155 Å². The highest BCUT2D eigenvalue weighted by molar-refractivity contribution is 7.88. The Kier molecular flexibility index (Phi) is 4.35. The van der Waals surface area contributed by atoms with Gasteiger partial charge >= 0.3 is 42.8 Å². The molecule has 0 radical (unpaired) electrons. The lowest BCUT2D eigenvalue weighted by atomic mass is 10.3. The summed E-state index contributed by atoms with van der Waals surface area (Å²) >= 11 is 0. The fraction of sp³-hybridized carbons (Fsp3) is 0.750. The van der Waals surface area contributed by atoms with E-state index in [9.17, 15) is 43.6 Å². The summed E-state index contributed by atoms with van der Waals surface area (Å²) in [5.41, 5.74) is 0. The summed E-state index contributed by atoms with van der Waals surface area (Å²) in [7, 11) is -14.2. The van der Waals surface area contributed by atoms with E-state index in [2.05, 4.69) is 4.74 Å². The molecular formula is C4H3F5O9S2. The highest BCUT2D eigenvalue weighted by Gasteiger charge is 2.84. The van der Waals surface area contributed by atoms with Gasteiger partial charge in [-0.1, -0.05) is 0 Å². The zero-order chi connectivity index (χ0) is 16.8. The van der Waals surface area contributed by atoms with Crippen LogP contribution in [0.5, 0.6) is 0 Å². The average molecular weight is 354 g/mol. The molecule has 0 atom stereocenters. The van der Waals surface area contributed by atoms with Crippen LogP contribution in [0.15, 0.2) is 0 Å². The van der Waals surface area contributed by atoms with Gasteiger partial charge in [0.2, 0.25) is 0 Å². The molecule has 0 heterocycles.